The van der Waals surface area contributed by atoms with Gasteiger partial charge in [-0.1, -0.05) is 11.3 Å². The van der Waals surface area contributed by atoms with E-state index in [1.807, 2.05) is 0 Å². The van der Waals surface area contributed by atoms with Crippen LogP contribution in [0.4, 0.5) is 11.4 Å². The number of hydrogen-bond donors (Lipinski definition) is 2. The molecule has 0 aliphatic carbocycles. The van der Waals surface area contributed by atoms with Crippen LogP contribution in [-0.4, -0.2) is 25.5 Å². The smallest absolute Gasteiger partial charge is 0.274 e. The molecular formula is C9H10N6O2. The van der Waals surface area contributed by atoms with Crippen LogP contribution < -0.4 is 5.32 Å². The van der Waals surface area contributed by atoms with Crippen molar-refractivity contribution in [2.24, 2.45) is 0 Å². The van der Waals surface area contributed by atoms with Crippen LogP contribution in [0.15, 0.2) is 18.2 Å². The Bertz CT molecular complexity index is 524. The molecule has 1 heterocycles. The van der Waals surface area contributed by atoms with Crippen LogP contribution in [0.3, 0.4) is 0 Å². The Labute approximate surface area is 96.2 Å². The van der Waals surface area contributed by atoms with Gasteiger partial charge in [-0.2, -0.15) is 5.21 Å². The van der Waals surface area contributed by atoms with Crippen molar-refractivity contribution in [3.8, 4) is 0 Å². The molecular weight excluding hydrogens is 224 g/mol. The first-order valence-electron chi connectivity index (χ1n) is 4.88. The molecule has 8 nitrogen and oxygen atoms in total. The summed E-state index contributed by atoms with van der Waals surface area (Å²) in [7, 11) is 0. The number of aromatic amines is 1. The van der Waals surface area contributed by atoms with E-state index in [9.17, 15) is 10.1 Å². The maximum atomic E-state index is 10.7. The molecule has 0 atom stereocenters. The summed E-state index contributed by atoms with van der Waals surface area (Å²) in [6, 6.07) is 4.86. The van der Waals surface area contributed by atoms with Crippen molar-refractivity contribution in [3.63, 3.8) is 0 Å². The van der Waals surface area contributed by atoms with Crippen molar-refractivity contribution < 1.29 is 4.92 Å². The largest absolute Gasteiger partial charge is 0.377 e. The summed E-state index contributed by atoms with van der Waals surface area (Å²) in [5.41, 5.74) is 1.35. The molecule has 0 bridgehead atoms. The second-order valence-corrected chi connectivity index (χ2v) is 3.39. The first kappa shape index (κ1) is 11.0. The summed E-state index contributed by atoms with van der Waals surface area (Å²) < 4.78 is 0. The molecule has 1 aromatic carbocycles. The van der Waals surface area contributed by atoms with Gasteiger partial charge in [0.15, 0.2) is 5.82 Å². The molecule has 0 fully saturated rings. The number of nitrogens with one attached hydrogen (secondary N) is 2. The number of aromatic nitrogens is 4. The molecule has 0 aliphatic rings. The molecule has 17 heavy (non-hydrogen) atoms. The number of nitro groups is 1. The highest BCUT2D eigenvalue weighted by molar-refractivity contribution is 5.59. The lowest BCUT2D eigenvalue weighted by Crippen LogP contribution is -2.04. The zero-order valence-electron chi connectivity index (χ0n) is 9.04. The van der Waals surface area contributed by atoms with Crippen molar-refractivity contribution in [3.05, 3.63) is 39.7 Å². The molecule has 0 saturated carbocycles. The van der Waals surface area contributed by atoms with Crippen LogP contribution in [-0.2, 0) is 6.54 Å². The van der Waals surface area contributed by atoms with E-state index < -0.39 is 4.92 Å². The molecule has 0 saturated heterocycles. The van der Waals surface area contributed by atoms with Gasteiger partial charge in [-0.15, -0.1) is 10.2 Å². The summed E-state index contributed by atoms with van der Waals surface area (Å²) in [6.07, 6.45) is 0. The van der Waals surface area contributed by atoms with E-state index in [-0.39, 0.29) is 5.69 Å². The average molecular weight is 234 g/mol. The summed E-state index contributed by atoms with van der Waals surface area (Å²) in [6.45, 7) is 2.05. The molecule has 0 amide bonds. The van der Waals surface area contributed by atoms with Gasteiger partial charge in [0, 0.05) is 17.3 Å². The van der Waals surface area contributed by atoms with E-state index in [2.05, 4.69) is 25.9 Å². The number of benzene rings is 1. The fourth-order valence-corrected chi connectivity index (χ4v) is 1.44. The highest BCUT2D eigenvalue weighted by Crippen LogP contribution is 2.25. The molecule has 2 aromatic rings. The monoisotopic (exact) mass is 234 g/mol. The fourth-order valence-electron chi connectivity index (χ4n) is 1.44. The standard InChI is InChI=1S/C9H10N6O2/c1-6-7(3-2-4-8(6)15(16)17)10-5-9-11-13-14-12-9/h2-4,10H,5H2,1H3,(H,11,12,13,14). The van der Waals surface area contributed by atoms with E-state index in [0.717, 1.165) is 0 Å². The molecule has 0 aliphatic heterocycles. The Kier molecular flexibility index (Phi) is 2.95. The maximum Gasteiger partial charge on any atom is 0.274 e. The molecule has 0 unspecified atom stereocenters. The third-order valence-corrected chi connectivity index (χ3v) is 2.33. The maximum absolute atomic E-state index is 10.7. The van der Waals surface area contributed by atoms with Gasteiger partial charge in [-0.25, -0.2) is 0 Å². The minimum absolute atomic E-state index is 0.0862. The molecule has 1 aromatic heterocycles. The average Bonchev–Trinajstić information content (AvgIpc) is 2.80. The summed E-state index contributed by atoms with van der Waals surface area (Å²) in [4.78, 5) is 10.3. The van der Waals surface area contributed by atoms with E-state index in [0.29, 0.717) is 23.6 Å². The van der Waals surface area contributed by atoms with Crippen molar-refractivity contribution in [1.82, 2.24) is 20.6 Å². The Balaban J connectivity index is 2.16. The second-order valence-electron chi connectivity index (χ2n) is 3.39. The molecule has 0 spiro atoms. The minimum atomic E-state index is -0.408. The first-order valence-corrected chi connectivity index (χ1v) is 4.88. The van der Waals surface area contributed by atoms with Crippen molar-refractivity contribution in [2.75, 3.05) is 5.32 Å². The van der Waals surface area contributed by atoms with Crippen LogP contribution >= 0.6 is 0 Å². The summed E-state index contributed by atoms with van der Waals surface area (Å²) >= 11 is 0. The lowest BCUT2D eigenvalue weighted by Gasteiger charge is -2.07. The number of nitrogens with zero attached hydrogens (tertiary/aromatic N) is 4. The quantitative estimate of drug-likeness (QED) is 0.603. The van der Waals surface area contributed by atoms with Crippen LogP contribution in [0.1, 0.15) is 11.4 Å². The number of anilines is 1. The predicted molar refractivity (Wildman–Crippen MR) is 59.3 cm³/mol. The Morgan fingerprint density at radius 2 is 2.35 bits per heavy atom. The molecule has 0 radical (unpaired) electrons. The zero-order valence-corrected chi connectivity index (χ0v) is 9.04. The normalized spacial score (nSPS) is 10.2. The molecule has 2 N–H and O–H groups in total. The molecule has 8 heteroatoms. The van der Waals surface area contributed by atoms with Crippen LogP contribution in [0.5, 0.6) is 0 Å². The molecule has 88 valence electrons. The van der Waals surface area contributed by atoms with Crippen LogP contribution in [0.2, 0.25) is 0 Å². The third kappa shape index (κ3) is 2.36. The van der Waals surface area contributed by atoms with Gasteiger partial charge in [0.1, 0.15) is 0 Å². The SMILES string of the molecule is Cc1c(NCc2nn[nH]n2)cccc1[N+](=O)[O-]. The van der Waals surface area contributed by atoms with Gasteiger partial charge in [0.2, 0.25) is 0 Å². The number of rotatable bonds is 4. The molecule has 2 rings (SSSR count). The fraction of sp³-hybridized carbons (Fsp3) is 0.222. The van der Waals surface area contributed by atoms with Crippen molar-refractivity contribution in [2.45, 2.75) is 13.5 Å². The summed E-state index contributed by atoms with van der Waals surface area (Å²) in [5.74, 6) is 0.496. The Hall–Kier alpha value is -2.51. The predicted octanol–water partition coefficient (Wildman–Crippen LogP) is 1.03. The first-order chi connectivity index (χ1) is 8.18. The van der Waals surface area contributed by atoms with Gasteiger partial charge >= 0.3 is 0 Å². The van der Waals surface area contributed by atoms with Crippen molar-refractivity contribution >= 4 is 11.4 Å². The number of tetrazole rings is 1. The number of hydrogen-bond acceptors (Lipinski definition) is 6. The van der Waals surface area contributed by atoms with Crippen LogP contribution in [0.25, 0.3) is 0 Å². The lowest BCUT2D eigenvalue weighted by molar-refractivity contribution is -0.385. The second kappa shape index (κ2) is 4.56. The van der Waals surface area contributed by atoms with E-state index in [1.165, 1.54) is 6.07 Å². The minimum Gasteiger partial charge on any atom is -0.377 e. The highest BCUT2D eigenvalue weighted by Gasteiger charge is 2.13. The van der Waals surface area contributed by atoms with Crippen LogP contribution in [0, 0.1) is 17.0 Å². The van der Waals surface area contributed by atoms with Gasteiger partial charge in [-0.3, -0.25) is 10.1 Å². The Morgan fingerprint density at radius 3 is 3.00 bits per heavy atom. The number of nitro benzene ring substituents is 1. The van der Waals surface area contributed by atoms with E-state index >= 15 is 0 Å². The summed E-state index contributed by atoms with van der Waals surface area (Å²) in [5, 5.41) is 27.1. The van der Waals surface area contributed by atoms with Gasteiger partial charge in [-0.05, 0) is 13.0 Å². The zero-order chi connectivity index (χ0) is 12.3. The Morgan fingerprint density at radius 1 is 1.53 bits per heavy atom. The van der Waals surface area contributed by atoms with E-state index in [1.54, 1.807) is 19.1 Å². The van der Waals surface area contributed by atoms with Gasteiger partial charge in [0.05, 0.1) is 11.5 Å². The van der Waals surface area contributed by atoms with Gasteiger partial charge < -0.3 is 5.32 Å². The van der Waals surface area contributed by atoms with Crippen molar-refractivity contribution in [1.29, 1.82) is 0 Å². The highest BCUT2D eigenvalue weighted by atomic mass is 16.6. The third-order valence-electron chi connectivity index (χ3n) is 2.33. The lowest BCUT2D eigenvalue weighted by atomic mass is 10.1. The van der Waals surface area contributed by atoms with E-state index in [4.69, 9.17) is 0 Å². The number of H-pyrrole nitrogens is 1. The van der Waals surface area contributed by atoms with Gasteiger partial charge in [0.25, 0.3) is 5.69 Å². The topological polar surface area (TPSA) is 110 Å².